The topological polar surface area (TPSA) is 66.6 Å². The molecule has 1 heterocycles. The highest BCUT2D eigenvalue weighted by Crippen LogP contribution is 2.17. The number of aryl methyl sites for hydroxylation is 1. The van der Waals surface area contributed by atoms with Gasteiger partial charge in [-0.3, -0.25) is 4.79 Å². The number of rotatable bonds is 3. The molecule has 2 aromatic rings. The summed E-state index contributed by atoms with van der Waals surface area (Å²) in [6.45, 7) is 2.42. The van der Waals surface area contributed by atoms with Gasteiger partial charge in [-0.1, -0.05) is 42.5 Å². The quantitative estimate of drug-likeness (QED) is 0.941. The molecule has 0 aliphatic carbocycles. The van der Waals surface area contributed by atoms with Gasteiger partial charge in [0, 0.05) is 32.6 Å². The third kappa shape index (κ3) is 3.85. The predicted molar refractivity (Wildman–Crippen MR) is 94.6 cm³/mol. The summed E-state index contributed by atoms with van der Waals surface area (Å²) in [5.41, 5.74) is 6.50. The Morgan fingerprint density at radius 2 is 1.62 bits per heavy atom. The molecule has 3 amide bonds. The van der Waals surface area contributed by atoms with Gasteiger partial charge in [-0.05, 0) is 29.2 Å². The van der Waals surface area contributed by atoms with Gasteiger partial charge in [0.2, 0.25) is 5.91 Å². The predicted octanol–water partition coefficient (Wildman–Crippen LogP) is 2.39. The molecule has 0 atom stereocenters. The average Bonchev–Trinajstić information content (AvgIpc) is 2.86. The molecular weight excluding hydrogens is 302 g/mol. The van der Waals surface area contributed by atoms with Crippen LogP contribution in [0.3, 0.4) is 0 Å². The van der Waals surface area contributed by atoms with Gasteiger partial charge in [-0.2, -0.15) is 0 Å². The van der Waals surface area contributed by atoms with Gasteiger partial charge in [-0.25, -0.2) is 4.79 Å². The normalized spacial score (nSPS) is 15.3. The third-order valence-corrected chi connectivity index (χ3v) is 4.60. The number of hydrogen-bond acceptors (Lipinski definition) is 2. The fourth-order valence-electron chi connectivity index (χ4n) is 3.19. The van der Waals surface area contributed by atoms with Crippen molar-refractivity contribution in [1.82, 2.24) is 9.80 Å². The lowest BCUT2D eigenvalue weighted by Crippen LogP contribution is -2.39. The standard InChI is InChI=1S/C19H23N3O2/c20-19(24)22-11-3-10-21(12-13-22)18(23)9-7-15-6-8-16-4-1-2-5-17(16)14-15/h1-2,4-6,8,14H,3,7,9-13H2,(H2,20,24). The molecule has 1 aliphatic rings. The maximum Gasteiger partial charge on any atom is 0.314 e. The van der Waals surface area contributed by atoms with Crippen molar-refractivity contribution in [3.63, 3.8) is 0 Å². The summed E-state index contributed by atoms with van der Waals surface area (Å²) in [4.78, 5) is 27.2. The Bertz CT molecular complexity index is 744. The highest BCUT2D eigenvalue weighted by atomic mass is 16.2. The Kier molecular flexibility index (Phi) is 4.99. The van der Waals surface area contributed by atoms with Gasteiger partial charge in [0.25, 0.3) is 0 Å². The number of urea groups is 1. The van der Waals surface area contributed by atoms with Gasteiger partial charge in [0.05, 0.1) is 0 Å². The van der Waals surface area contributed by atoms with E-state index in [-0.39, 0.29) is 5.91 Å². The van der Waals surface area contributed by atoms with Crippen molar-refractivity contribution in [2.75, 3.05) is 26.2 Å². The second-order valence-electron chi connectivity index (χ2n) is 6.24. The highest BCUT2D eigenvalue weighted by molar-refractivity contribution is 5.83. The summed E-state index contributed by atoms with van der Waals surface area (Å²) in [6, 6.07) is 14.2. The van der Waals surface area contributed by atoms with E-state index in [1.165, 1.54) is 16.3 Å². The van der Waals surface area contributed by atoms with Crippen molar-refractivity contribution < 1.29 is 9.59 Å². The summed E-state index contributed by atoms with van der Waals surface area (Å²) >= 11 is 0. The zero-order chi connectivity index (χ0) is 16.9. The SMILES string of the molecule is NC(=O)N1CCCN(C(=O)CCc2ccc3ccccc3c2)CC1. The number of primary amides is 1. The molecule has 0 bridgehead atoms. The Morgan fingerprint density at radius 1 is 0.917 bits per heavy atom. The molecule has 2 aromatic carbocycles. The van der Waals surface area contributed by atoms with Crippen LogP contribution in [0.2, 0.25) is 0 Å². The largest absolute Gasteiger partial charge is 0.351 e. The number of fused-ring (bicyclic) bond motifs is 1. The lowest BCUT2D eigenvalue weighted by molar-refractivity contribution is -0.131. The first kappa shape index (κ1) is 16.3. The van der Waals surface area contributed by atoms with Crippen LogP contribution < -0.4 is 5.73 Å². The molecule has 0 saturated carbocycles. The van der Waals surface area contributed by atoms with Crippen LogP contribution in [0.1, 0.15) is 18.4 Å². The molecule has 3 rings (SSSR count). The van der Waals surface area contributed by atoms with Crippen molar-refractivity contribution in [1.29, 1.82) is 0 Å². The average molecular weight is 325 g/mol. The lowest BCUT2D eigenvalue weighted by atomic mass is 10.0. The fourth-order valence-corrected chi connectivity index (χ4v) is 3.19. The Balaban J connectivity index is 1.57. The molecule has 0 aromatic heterocycles. The van der Waals surface area contributed by atoms with E-state index in [2.05, 4.69) is 30.3 Å². The van der Waals surface area contributed by atoms with E-state index in [1.54, 1.807) is 4.90 Å². The zero-order valence-electron chi connectivity index (χ0n) is 13.8. The summed E-state index contributed by atoms with van der Waals surface area (Å²) in [7, 11) is 0. The first-order valence-electron chi connectivity index (χ1n) is 8.43. The lowest BCUT2D eigenvalue weighted by Gasteiger charge is -2.21. The molecule has 5 heteroatoms. The number of hydrogen-bond donors (Lipinski definition) is 1. The summed E-state index contributed by atoms with van der Waals surface area (Å²) in [6.07, 6.45) is 2.01. The second kappa shape index (κ2) is 7.34. The van der Waals surface area contributed by atoms with Crippen LogP contribution >= 0.6 is 0 Å². The fraction of sp³-hybridized carbons (Fsp3) is 0.368. The van der Waals surface area contributed by atoms with Crippen LogP contribution in [0.15, 0.2) is 42.5 Å². The van der Waals surface area contributed by atoms with E-state index in [0.29, 0.717) is 32.6 Å². The second-order valence-corrected chi connectivity index (χ2v) is 6.24. The molecule has 24 heavy (non-hydrogen) atoms. The number of amides is 3. The third-order valence-electron chi connectivity index (χ3n) is 4.60. The number of carbonyl (C=O) groups is 2. The van der Waals surface area contributed by atoms with Crippen molar-refractivity contribution in [2.24, 2.45) is 5.73 Å². The minimum absolute atomic E-state index is 0.148. The van der Waals surface area contributed by atoms with Crippen molar-refractivity contribution in [2.45, 2.75) is 19.3 Å². The first-order chi connectivity index (χ1) is 11.6. The molecule has 1 fully saturated rings. The van der Waals surface area contributed by atoms with Gasteiger partial charge < -0.3 is 15.5 Å². The molecular formula is C19H23N3O2. The maximum absolute atomic E-state index is 12.5. The highest BCUT2D eigenvalue weighted by Gasteiger charge is 2.20. The van der Waals surface area contributed by atoms with Crippen molar-refractivity contribution >= 4 is 22.7 Å². The molecule has 1 aliphatic heterocycles. The van der Waals surface area contributed by atoms with Crippen molar-refractivity contribution in [3.8, 4) is 0 Å². The van der Waals surface area contributed by atoms with Crippen LogP contribution in [-0.2, 0) is 11.2 Å². The number of nitrogens with zero attached hydrogens (tertiary/aromatic N) is 2. The minimum Gasteiger partial charge on any atom is -0.351 e. The maximum atomic E-state index is 12.5. The summed E-state index contributed by atoms with van der Waals surface area (Å²) in [5.74, 6) is 0.148. The number of nitrogens with two attached hydrogens (primary N) is 1. The molecule has 0 radical (unpaired) electrons. The number of benzene rings is 2. The van der Waals surface area contributed by atoms with Gasteiger partial charge in [-0.15, -0.1) is 0 Å². The summed E-state index contributed by atoms with van der Waals surface area (Å²) in [5, 5.41) is 2.42. The van der Waals surface area contributed by atoms with E-state index >= 15 is 0 Å². The van der Waals surface area contributed by atoms with Crippen LogP contribution in [0.25, 0.3) is 10.8 Å². The van der Waals surface area contributed by atoms with Crippen LogP contribution in [-0.4, -0.2) is 47.9 Å². The van der Waals surface area contributed by atoms with E-state index in [0.717, 1.165) is 12.8 Å². The van der Waals surface area contributed by atoms with Crippen molar-refractivity contribution in [3.05, 3.63) is 48.0 Å². The smallest absolute Gasteiger partial charge is 0.314 e. The van der Waals surface area contributed by atoms with Gasteiger partial charge in [0.1, 0.15) is 0 Å². The van der Waals surface area contributed by atoms with E-state index in [4.69, 9.17) is 5.73 Å². The Labute approximate surface area is 142 Å². The Hall–Kier alpha value is -2.56. The molecule has 5 nitrogen and oxygen atoms in total. The van der Waals surface area contributed by atoms with E-state index in [1.807, 2.05) is 17.0 Å². The van der Waals surface area contributed by atoms with E-state index in [9.17, 15) is 9.59 Å². The molecule has 0 spiro atoms. The monoisotopic (exact) mass is 325 g/mol. The van der Waals surface area contributed by atoms with Crippen LogP contribution in [0.4, 0.5) is 4.79 Å². The van der Waals surface area contributed by atoms with Gasteiger partial charge in [0.15, 0.2) is 0 Å². The zero-order valence-corrected chi connectivity index (χ0v) is 13.8. The summed E-state index contributed by atoms with van der Waals surface area (Å²) < 4.78 is 0. The molecule has 2 N–H and O–H groups in total. The van der Waals surface area contributed by atoms with Crippen LogP contribution in [0, 0.1) is 0 Å². The van der Waals surface area contributed by atoms with Crippen LogP contribution in [0.5, 0.6) is 0 Å². The number of carbonyl (C=O) groups excluding carboxylic acids is 2. The van der Waals surface area contributed by atoms with E-state index < -0.39 is 6.03 Å². The molecule has 126 valence electrons. The first-order valence-corrected chi connectivity index (χ1v) is 8.43. The minimum atomic E-state index is -0.402. The molecule has 0 unspecified atom stereocenters. The molecule has 1 saturated heterocycles. The Morgan fingerprint density at radius 3 is 2.42 bits per heavy atom. The van der Waals surface area contributed by atoms with Gasteiger partial charge >= 0.3 is 6.03 Å².